The first-order valence-electron chi connectivity index (χ1n) is 8.78. The van der Waals surface area contributed by atoms with E-state index in [1.165, 1.54) is 46.8 Å². The second kappa shape index (κ2) is 6.56. The van der Waals surface area contributed by atoms with Crippen LogP contribution >= 0.6 is 0 Å². The molecular formula is C23H23N2+. The van der Waals surface area contributed by atoms with Crippen molar-refractivity contribution in [3.05, 3.63) is 95.6 Å². The molecule has 124 valence electrons. The van der Waals surface area contributed by atoms with Gasteiger partial charge in [0.25, 0.3) is 0 Å². The van der Waals surface area contributed by atoms with E-state index in [0.29, 0.717) is 0 Å². The van der Waals surface area contributed by atoms with Gasteiger partial charge in [-0.2, -0.15) is 0 Å². The lowest BCUT2D eigenvalue weighted by Gasteiger charge is -2.14. The number of benzene rings is 2. The van der Waals surface area contributed by atoms with Crippen molar-refractivity contribution in [2.24, 2.45) is 0 Å². The summed E-state index contributed by atoms with van der Waals surface area (Å²) in [4.78, 5) is 2.37. The summed E-state index contributed by atoms with van der Waals surface area (Å²) in [6, 6.07) is 19.6. The molecule has 2 aromatic rings. The molecule has 0 atom stereocenters. The molecule has 0 radical (unpaired) electrons. The van der Waals surface area contributed by atoms with Gasteiger partial charge >= 0.3 is 0 Å². The molecule has 1 aliphatic carbocycles. The topological polar surface area (TPSA) is 6.02 Å². The molecule has 0 saturated carbocycles. The van der Waals surface area contributed by atoms with E-state index in [4.69, 9.17) is 0 Å². The number of rotatable bonds is 3. The lowest BCUT2D eigenvalue weighted by molar-refractivity contribution is -0.462. The largest absolute Gasteiger partial charge is 0.368 e. The predicted octanol–water partition coefficient (Wildman–Crippen LogP) is 4.15. The van der Waals surface area contributed by atoms with Gasteiger partial charge in [0.05, 0.1) is 0 Å². The van der Waals surface area contributed by atoms with E-state index < -0.39 is 0 Å². The second-order valence-corrected chi connectivity index (χ2v) is 6.72. The Morgan fingerprint density at radius 1 is 0.760 bits per heavy atom. The zero-order valence-electron chi connectivity index (χ0n) is 14.8. The summed E-state index contributed by atoms with van der Waals surface area (Å²) in [5.41, 5.74) is 7.57. The van der Waals surface area contributed by atoms with Crippen molar-refractivity contribution in [1.29, 1.82) is 0 Å². The molecule has 0 spiro atoms. The van der Waals surface area contributed by atoms with Gasteiger partial charge < -0.3 is 4.90 Å². The summed E-state index contributed by atoms with van der Waals surface area (Å²) in [6.07, 6.45) is 8.80. The zero-order chi connectivity index (χ0) is 17.2. The fourth-order valence-corrected chi connectivity index (χ4v) is 3.18. The van der Waals surface area contributed by atoms with Gasteiger partial charge in [-0.1, -0.05) is 42.5 Å². The normalized spacial score (nSPS) is 15.5. The predicted molar refractivity (Wildman–Crippen MR) is 107 cm³/mol. The molecule has 25 heavy (non-hydrogen) atoms. The van der Waals surface area contributed by atoms with Gasteiger partial charge in [0.15, 0.2) is 5.71 Å². The number of hydrogen-bond donors (Lipinski definition) is 0. The van der Waals surface area contributed by atoms with Gasteiger partial charge in [0, 0.05) is 30.9 Å². The molecule has 1 saturated heterocycles. The molecule has 0 aromatic heterocycles. The van der Waals surface area contributed by atoms with Crippen molar-refractivity contribution in [2.45, 2.75) is 0 Å². The van der Waals surface area contributed by atoms with Gasteiger partial charge in [0.2, 0.25) is 0 Å². The summed E-state index contributed by atoms with van der Waals surface area (Å²) in [5, 5.41) is 0. The van der Waals surface area contributed by atoms with Crippen LogP contribution in [0, 0.1) is 0 Å². The highest BCUT2D eigenvalue weighted by Gasteiger charge is 2.18. The van der Waals surface area contributed by atoms with E-state index in [2.05, 4.69) is 102 Å². The highest BCUT2D eigenvalue weighted by atomic mass is 15.3. The van der Waals surface area contributed by atoms with Gasteiger partial charge in [0.1, 0.15) is 14.1 Å². The average molecular weight is 327 g/mol. The molecule has 0 bridgehead atoms. The molecule has 2 nitrogen and oxygen atoms in total. The third kappa shape index (κ3) is 3.34. The first-order valence-corrected chi connectivity index (χ1v) is 8.78. The van der Waals surface area contributed by atoms with Crippen LogP contribution in [0.3, 0.4) is 0 Å². The maximum absolute atomic E-state index is 2.37. The molecule has 0 N–H and O–H groups in total. The molecule has 0 unspecified atom stereocenters. The van der Waals surface area contributed by atoms with Crippen molar-refractivity contribution in [1.82, 2.24) is 0 Å². The van der Waals surface area contributed by atoms with Crippen LogP contribution in [0.25, 0.3) is 5.57 Å². The second-order valence-electron chi connectivity index (χ2n) is 6.72. The minimum absolute atomic E-state index is 1.18. The van der Waals surface area contributed by atoms with E-state index in [1.54, 1.807) is 0 Å². The minimum Gasteiger partial charge on any atom is -0.368 e. The molecule has 1 fully saturated rings. The Morgan fingerprint density at radius 2 is 1.36 bits per heavy atom. The Morgan fingerprint density at radius 3 is 1.92 bits per heavy atom. The van der Waals surface area contributed by atoms with E-state index >= 15 is 0 Å². The number of allylic oxidation sites excluding steroid dienone is 5. The van der Waals surface area contributed by atoms with Crippen LogP contribution in [-0.4, -0.2) is 37.5 Å². The third-order valence-corrected chi connectivity index (χ3v) is 4.70. The standard InChI is InChI=1S/C23H23N2/c1-24(2)21-12-8-19(9-13-21)23(18-6-4-3-5-7-18)20-10-14-22(15-11-20)25-16-17-25/h3-15H,16-17H2,1-2H3/q+1. The smallest absolute Gasteiger partial charge is 0.199 e. The van der Waals surface area contributed by atoms with Crippen molar-refractivity contribution >= 4 is 17.0 Å². The lowest BCUT2D eigenvalue weighted by atomic mass is 9.91. The summed E-state index contributed by atoms with van der Waals surface area (Å²) < 4.78 is 2.13. The summed E-state index contributed by atoms with van der Waals surface area (Å²) >= 11 is 0. The molecular weight excluding hydrogens is 304 g/mol. The van der Waals surface area contributed by atoms with Crippen LogP contribution in [0.4, 0.5) is 5.69 Å². The van der Waals surface area contributed by atoms with Crippen LogP contribution < -0.4 is 4.90 Å². The Bertz CT molecular complexity index is 871. The fourth-order valence-electron chi connectivity index (χ4n) is 3.18. The Hall–Kier alpha value is -2.87. The Balaban J connectivity index is 1.80. The van der Waals surface area contributed by atoms with E-state index in [9.17, 15) is 0 Å². The third-order valence-electron chi connectivity index (χ3n) is 4.70. The van der Waals surface area contributed by atoms with Gasteiger partial charge in [-0.05, 0) is 46.6 Å². The van der Waals surface area contributed by atoms with E-state index in [-0.39, 0.29) is 0 Å². The van der Waals surface area contributed by atoms with E-state index in [0.717, 1.165) is 0 Å². The maximum atomic E-state index is 2.37. The molecule has 0 amide bonds. The highest BCUT2D eigenvalue weighted by Crippen LogP contribution is 2.31. The summed E-state index contributed by atoms with van der Waals surface area (Å²) in [6.45, 7) is 2.36. The number of hydrogen-bond acceptors (Lipinski definition) is 1. The van der Waals surface area contributed by atoms with Gasteiger partial charge in [-0.25, -0.2) is 4.58 Å². The van der Waals surface area contributed by atoms with Crippen LogP contribution in [0.5, 0.6) is 0 Å². The lowest BCUT2D eigenvalue weighted by Crippen LogP contribution is -2.10. The van der Waals surface area contributed by atoms with Crippen molar-refractivity contribution < 1.29 is 4.58 Å². The quantitative estimate of drug-likeness (QED) is 0.606. The molecule has 2 aliphatic rings. The minimum atomic E-state index is 1.18. The SMILES string of the molecule is C[N+](C)=C1C=CC(=C(c2ccccc2)c2ccc(N3CC3)cc2)C=C1. The molecule has 1 heterocycles. The van der Waals surface area contributed by atoms with Crippen LogP contribution in [0.15, 0.2) is 84.5 Å². The van der Waals surface area contributed by atoms with Gasteiger partial charge in [-0.15, -0.1) is 0 Å². The number of anilines is 1. The molecule has 4 rings (SSSR count). The van der Waals surface area contributed by atoms with Gasteiger partial charge in [-0.3, -0.25) is 0 Å². The van der Waals surface area contributed by atoms with Crippen LogP contribution in [-0.2, 0) is 0 Å². The monoisotopic (exact) mass is 327 g/mol. The summed E-state index contributed by atoms with van der Waals surface area (Å²) in [7, 11) is 4.14. The Kier molecular flexibility index (Phi) is 4.10. The van der Waals surface area contributed by atoms with Crippen molar-refractivity contribution in [3.8, 4) is 0 Å². The first kappa shape index (κ1) is 15.6. The van der Waals surface area contributed by atoms with Crippen molar-refractivity contribution in [2.75, 3.05) is 32.1 Å². The van der Waals surface area contributed by atoms with E-state index in [1.807, 2.05) is 0 Å². The average Bonchev–Trinajstić information content (AvgIpc) is 3.49. The van der Waals surface area contributed by atoms with Crippen LogP contribution in [0.2, 0.25) is 0 Å². The Labute approximate surface area is 149 Å². The first-order chi connectivity index (χ1) is 12.2. The highest BCUT2D eigenvalue weighted by molar-refractivity contribution is 6.03. The molecule has 2 heteroatoms. The molecule has 1 aliphatic heterocycles. The number of nitrogens with zero attached hydrogens (tertiary/aromatic N) is 2. The maximum Gasteiger partial charge on any atom is 0.199 e. The molecule has 2 aromatic carbocycles. The van der Waals surface area contributed by atoms with Crippen LogP contribution in [0.1, 0.15) is 11.1 Å². The fraction of sp³-hybridized carbons (Fsp3) is 0.174. The summed E-state index contributed by atoms with van der Waals surface area (Å²) in [5.74, 6) is 0. The van der Waals surface area contributed by atoms with Crippen molar-refractivity contribution in [3.63, 3.8) is 0 Å². The zero-order valence-corrected chi connectivity index (χ0v) is 14.8.